The number of fused-ring (bicyclic) bond motifs is 1. The van der Waals surface area contributed by atoms with Crippen LogP contribution >= 0.6 is 11.3 Å². The molecule has 2 rings (SSSR count). The highest BCUT2D eigenvalue weighted by Crippen LogP contribution is 2.24. The van der Waals surface area contributed by atoms with Gasteiger partial charge >= 0.3 is 6.03 Å². The first kappa shape index (κ1) is 16.8. The number of urea groups is 1. The molecule has 6 nitrogen and oxygen atoms in total. The Bertz CT molecular complexity index is 517. The number of hydrogen-bond donors (Lipinski definition) is 3. The molecular weight excluding hydrogens is 300 g/mol. The van der Waals surface area contributed by atoms with Crippen LogP contribution in [0.4, 0.5) is 4.79 Å². The second-order valence-corrected chi connectivity index (χ2v) is 6.56. The van der Waals surface area contributed by atoms with E-state index in [-0.39, 0.29) is 11.9 Å². The molecule has 3 N–H and O–H groups in total. The Kier molecular flexibility index (Phi) is 6.21. The third kappa shape index (κ3) is 4.99. The van der Waals surface area contributed by atoms with E-state index in [1.807, 2.05) is 11.3 Å². The van der Waals surface area contributed by atoms with Gasteiger partial charge in [-0.2, -0.15) is 0 Å². The molecule has 0 spiro atoms. The fourth-order valence-electron chi connectivity index (χ4n) is 2.49. The highest BCUT2D eigenvalue weighted by molar-refractivity contribution is 7.10. The van der Waals surface area contributed by atoms with Crippen molar-refractivity contribution in [2.45, 2.75) is 32.9 Å². The number of hydrogen-bond acceptors (Lipinski definition) is 4. The van der Waals surface area contributed by atoms with Crippen LogP contribution < -0.4 is 16.0 Å². The van der Waals surface area contributed by atoms with E-state index in [1.165, 1.54) is 17.4 Å². The van der Waals surface area contributed by atoms with Crippen LogP contribution in [0.25, 0.3) is 0 Å². The van der Waals surface area contributed by atoms with Crippen molar-refractivity contribution in [3.8, 4) is 0 Å². The first-order valence-corrected chi connectivity index (χ1v) is 8.49. The summed E-state index contributed by atoms with van der Waals surface area (Å²) >= 11 is 1.83. The first-order valence-electron chi connectivity index (χ1n) is 7.61. The van der Waals surface area contributed by atoms with Gasteiger partial charge in [0.1, 0.15) is 0 Å². The zero-order chi connectivity index (χ0) is 15.9. The van der Waals surface area contributed by atoms with Gasteiger partial charge in [0.25, 0.3) is 0 Å². The summed E-state index contributed by atoms with van der Waals surface area (Å²) in [4.78, 5) is 26.3. The Hall–Kier alpha value is -1.60. The van der Waals surface area contributed by atoms with Crippen molar-refractivity contribution in [1.29, 1.82) is 0 Å². The number of nitrogens with zero attached hydrogens (tertiary/aromatic N) is 1. The molecule has 0 bridgehead atoms. The van der Waals surface area contributed by atoms with Crippen LogP contribution in [0.1, 0.15) is 24.3 Å². The summed E-state index contributed by atoms with van der Waals surface area (Å²) in [6.07, 6.45) is 1.10. The molecule has 0 saturated heterocycles. The van der Waals surface area contributed by atoms with Crippen LogP contribution in [0.15, 0.2) is 11.4 Å². The minimum absolute atomic E-state index is 0.0891. The lowest BCUT2D eigenvalue weighted by atomic mass is 10.1. The molecule has 0 fully saturated rings. The minimum atomic E-state index is -0.189. The van der Waals surface area contributed by atoms with E-state index in [2.05, 4.69) is 39.2 Å². The van der Waals surface area contributed by atoms with Crippen molar-refractivity contribution < 1.29 is 9.59 Å². The van der Waals surface area contributed by atoms with E-state index in [0.29, 0.717) is 25.7 Å². The fraction of sp³-hybridized carbons (Fsp3) is 0.600. The number of carbonyl (C=O) groups is 2. The van der Waals surface area contributed by atoms with Crippen molar-refractivity contribution in [1.82, 2.24) is 20.9 Å². The molecule has 0 radical (unpaired) electrons. The topological polar surface area (TPSA) is 73.5 Å². The Morgan fingerprint density at radius 2 is 2.09 bits per heavy atom. The second-order valence-electron chi connectivity index (χ2n) is 5.56. The van der Waals surface area contributed by atoms with Crippen molar-refractivity contribution >= 4 is 23.3 Å². The lowest BCUT2D eigenvalue weighted by Gasteiger charge is -2.32. The number of thiophene rings is 1. The average Bonchev–Trinajstić information content (AvgIpc) is 2.96. The fourth-order valence-corrected chi connectivity index (χ4v) is 3.38. The second kappa shape index (κ2) is 8.14. The molecule has 2 heterocycles. The van der Waals surface area contributed by atoms with Crippen molar-refractivity contribution in [3.05, 3.63) is 21.9 Å². The van der Waals surface area contributed by atoms with Gasteiger partial charge < -0.3 is 16.0 Å². The molecule has 1 aromatic heterocycles. The molecule has 0 unspecified atom stereocenters. The van der Waals surface area contributed by atoms with Crippen molar-refractivity contribution in [2.24, 2.45) is 0 Å². The smallest absolute Gasteiger partial charge is 0.314 e. The lowest BCUT2D eigenvalue weighted by Crippen LogP contribution is -2.47. The van der Waals surface area contributed by atoms with Gasteiger partial charge in [0.05, 0.1) is 0 Å². The Morgan fingerprint density at radius 1 is 1.32 bits per heavy atom. The summed E-state index contributed by atoms with van der Waals surface area (Å²) in [5.41, 5.74) is 1.42. The SMILES string of the molecule is CC(=O)NCCNC(=O)NC[C@H](C)N1CCc2sccc2C1. The molecule has 22 heavy (non-hydrogen) atoms. The van der Waals surface area contributed by atoms with Crippen LogP contribution in [-0.4, -0.2) is 49.1 Å². The summed E-state index contributed by atoms with van der Waals surface area (Å²) in [5.74, 6) is -0.0891. The minimum Gasteiger partial charge on any atom is -0.355 e. The quantitative estimate of drug-likeness (QED) is 0.682. The number of nitrogens with one attached hydrogen (secondary N) is 3. The maximum absolute atomic E-state index is 11.7. The molecule has 1 aliphatic heterocycles. The molecule has 0 aliphatic carbocycles. The Balaban J connectivity index is 1.64. The zero-order valence-electron chi connectivity index (χ0n) is 13.1. The molecule has 122 valence electrons. The number of rotatable bonds is 6. The summed E-state index contributed by atoms with van der Waals surface area (Å²) in [6, 6.07) is 2.31. The molecule has 1 aromatic rings. The van der Waals surface area contributed by atoms with Gasteiger partial charge in [0.15, 0.2) is 0 Å². The number of amides is 3. The normalized spacial score (nSPS) is 15.7. The average molecular weight is 324 g/mol. The van der Waals surface area contributed by atoms with Crippen LogP contribution in [-0.2, 0) is 17.8 Å². The molecule has 1 aliphatic rings. The van der Waals surface area contributed by atoms with Gasteiger partial charge in [-0.3, -0.25) is 9.69 Å². The van der Waals surface area contributed by atoms with Gasteiger partial charge in [-0.05, 0) is 30.4 Å². The molecule has 0 saturated carbocycles. The number of carbonyl (C=O) groups excluding carboxylic acids is 2. The van der Waals surface area contributed by atoms with Crippen molar-refractivity contribution in [3.63, 3.8) is 0 Å². The monoisotopic (exact) mass is 324 g/mol. The van der Waals surface area contributed by atoms with E-state index in [9.17, 15) is 9.59 Å². The van der Waals surface area contributed by atoms with E-state index >= 15 is 0 Å². The molecule has 1 atom stereocenters. The third-order valence-corrected chi connectivity index (χ3v) is 4.83. The van der Waals surface area contributed by atoms with Gasteiger partial charge in [0, 0.05) is 50.6 Å². The lowest BCUT2D eigenvalue weighted by molar-refractivity contribution is -0.118. The van der Waals surface area contributed by atoms with Gasteiger partial charge in [-0.25, -0.2) is 4.79 Å². The van der Waals surface area contributed by atoms with E-state index in [1.54, 1.807) is 0 Å². The van der Waals surface area contributed by atoms with Gasteiger partial charge in [-0.15, -0.1) is 11.3 Å². The largest absolute Gasteiger partial charge is 0.355 e. The predicted octanol–water partition coefficient (Wildman–Crippen LogP) is 0.930. The summed E-state index contributed by atoms with van der Waals surface area (Å²) in [5, 5.41) is 10.4. The summed E-state index contributed by atoms with van der Waals surface area (Å²) < 4.78 is 0. The van der Waals surface area contributed by atoms with E-state index in [0.717, 1.165) is 19.5 Å². The predicted molar refractivity (Wildman–Crippen MR) is 88.0 cm³/mol. The maximum Gasteiger partial charge on any atom is 0.314 e. The highest BCUT2D eigenvalue weighted by atomic mass is 32.1. The Morgan fingerprint density at radius 3 is 2.86 bits per heavy atom. The highest BCUT2D eigenvalue weighted by Gasteiger charge is 2.21. The summed E-state index contributed by atoms with van der Waals surface area (Å²) in [6.45, 7) is 7.10. The molecule has 3 amide bonds. The van der Waals surface area contributed by atoms with Gasteiger partial charge in [-0.1, -0.05) is 0 Å². The zero-order valence-corrected chi connectivity index (χ0v) is 14.0. The van der Waals surface area contributed by atoms with Crippen LogP contribution in [0.3, 0.4) is 0 Å². The first-order chi connectivity index (χ1) is 10.6. The van der Waals surface area contributed by atoms with Crippen LogP contribution in [0, 0.1) is 0 Å². The molecule has 0 aromatic carbocycles. The van der Waals surface area contributed by atoms with Crippen molar-refractivity contribution in [2.75, 3.05) is 26.2 Å². The van der Waals surface area contributed by atoms with E-state index in [4.69, 9.17) is 0 Å². The molecular formula is C15H24N4O2S. The third-order valence-electron chi connectivity index (χ3n) is 3.80. The van der Waals surface area contributed by atoms with Gasteiger partial charge in [0.2, 0.25) is 5.91 Å². The van der Waals surface area contributed by atoms with Crippen LogP contribution in [0.2, 0.25) is 0 Å². The maximum atomic E-state index is 11.7. The standard InChI is InChI=1S/C15H24N4O2S/c1-11(9-18-15(21)17-6-5-16-12(2)20)19-7-3-14-13(10-19)4-8-22-14/h4,8,11H,3,5-7,9-10H2,1-2H3,(H,16,20)(H2,17,18,21)/t11-/m0/s1. The van der Waals surface area contributed by atoms with Crippen LogP contribution in [0.5, 0.6) is 0 Å². The summed E-state index contributed by atoms with van der Waals surface area (Å²) in [7, 11) is 0. The Labute approximate surface area is 135 Å². The van der Waals surface area contributed by atoms with E-state index < -0.39 is 0 Å². The molecule has 7 heteroatoms.